The molecule has 0 fully saturated rings. The molecule has 0 aliphatic heterocycles. The van der Waals surface area contributed by atoms with Crippen molar-refractivity contribution in [3.63, 3.8) is 0 Å². The van der Waals surface area contributed by atoms with E-state index in [0.29, 0.717) is 18.3 Å². The van der Waals surface area contributed by atoms with E-state index in [-0.39, 0.29) is 23.6 Å². The Morgan fingerprint density at radius 3 is 2.39 bits per heavy atom. The van der Waals surface area contributed by atoms with Crippen LogP contribution in [0.2, 0.25) is 0 Å². The van der Waals surface area contributed by atoms with E-state index in [1.54, 1.807) is 32.0 Å². The summed E-state index contributed by atoms with van der Waals surface area (Å²) in [5.41, 5.74) is -0.657. The molecule has 12 heteroatoms. The van der Waals surface area contributed by atoms with E-state index >= 15 is 0 Å². The van der Waals surface area contributed by atoms with Gasteiger partial charge in [-0.25, -0.2) is 9.97 Å². The quantitative estimate of drug-likeness (QED) is 0.337. The predicted molar refractivity (Wildman–Crippen MR) is 129 cm³/mol. The van der Waals surface area contributed by atoms with Crippen LogP contribution in [0.5, 0.6) is 0 Å². The normalized spacial score (nSPS) is 13.6. The fourth-order valence-corrected chi connectivity index (χ4v) is 4.48. The second-order valence-corrected chi connectivity index (χ2v) is 9.63. The lowest BCUT2D eigenvalue weighted by atomic mass is 10.0. The summed E-state index contributed by atoms with van der Waals surface area (Å²) >= 11 is 0. The van der Waals surface area contributed by atoms with Gasteiger partial charge in [0.1, 0.15) is 17.9 Å². The summed E-state index contributed by atoms with van der Waals surface area (Å²) in [5, 5.41) is 12.5. The van der Waals surface area contributed by atoms with E-state index in [2.05, 4.69) is 20.0 Å². The van der Waals surface area contributed by atoms with Crippen LogP contribution >= 0.6 is 0 Å². The smallest absolute Gasteiger partial charge is 0.391 e. The number of aromatic nitrogens is 2. The molecule has 0 saturated carbocycles. The van der Waals surface area contributed by atoms with Gasteiger partial charge < -0.3 is 15.2 Å². The predicted octanol–water partition coefficient (Wildman–Crippen LogP) is 4.41. The van der Waals surface area contributed by atoms with E-state index in [4.69, 9.17) is 0 Å². The average molecular weight is 523 g/mol. The van der Waals surface area contributed by atoms with Gasteiger partial charge in [-0.15, -0.1) is 0 Å². The molecule has 3 aromatic rings. The minimum Gasteiger partial charge on any atom is -0.391 e. The number of pyridine rings is 2. The highest BCUT2D eigenvalue weighted by atomic mass is 32.2. The van der Waals surface area contributed by atoms with Gasteiger partial charge in [0, 0.05) is 12.0 Å². The van der Waals surface area contributed by atoms with Crippen LogP contribution in [0.3, 0.4) is 0 Å². The summed E-state index contributed by atoms with van der Waals surface area (Å²) in [6.07, 6.45) is -4.62. The number of benzene rings is 1. The van der Waals surface area contributed by atoms with Gasteiger partial charge in [0.05, 0.1) is 23.4 Å². The molecule has 0 unspecified atom stereocenters. The molecule has 0 saturated heterocycles. The lowest BCUT2D eigenvalue weighted by Gasteiger charge is -2.22. The first-order chi connectivity index (χ1) is 17.0. The largest absolute Gasteiger partial charge is 0.418 e. The van der Waals surface area contributed by atoms with Gasteiger partial charge in [-0.1, -0.05) is 37.3 Å². The summed E-state index contributed by atoms with van der Waals surface area (Å²) in [4.78, 5) is 19.0. The number of halogens is 3. The molecule has 0 aliphatic carbocycles. The van der Waals surface area contributed by atoms with E-state index in [0.717, 1.165) is 12.1 Å². The van der Waals surface area contributed by atoms with Gasteiger partial charge in [0.25, 0.3) is 10.0 Å². The number of aryl methyl sites for hydroxylation is 1. The Labute approximate surface area is 206 Å². The maximum atomic E-state index is 13.7. The minimum absolute atomic E-state index is 0.0247. The van der Waals surface area contributed by atoms with Crippen LogP contribution in [-0.2, 0) is 21.0 Å². The summed E-state index contributed by atoms with van der Waals surface area (Å²) in [6.45, 7) is 3.36. The van der Waals surface area contributed by atoms with Gasteiger partial charge in [-0.2, -0.15) is 21.6 Å². The number of aliphatic hydroxyl groups excluding tert-OH is 1. The highest BCUT2D eigenvalue weighted by Crippen LogP contribution is 2.38. The maximum Gasteiger partial charge on any atom is 0.418 e. The van der Waals surface area contributed by atoms with E-state index < -0.39 is 44.6 Å². The van der Waals surface area contributed by atoms with Gasteiger partial charge in [0.2, 0.25) is 0 Å². The van der Waals surface area contributed by atoms with Crippen molar-refractivity contribution >= 4 is 27.9 Å². The molecular formula is C24H25F3N4O4S. The molecule has 0 bridgehead atoms. The number of anilines is 2. The first-order valence-corrected chi connectivity index (χ1v) is 12.5. The van der Waals surface area contributed by atoms with Crippen molar-refractivity contribution in [1.29, 1.82) is 0 Å². The third-order valence-corrected chi connectivity index (χ3v) is 6.66. The minimum atomic E-state index is -4.70. The second-order valence-electron chi connectivity index (χ2n) is 8.00. The van der Waals surface area contributed by atoms with Crippen LogP contribution in [0.15, 0.2) is 59.6 Å². The zero-order valence-corrected chi connectivity index (χ0v) is 20.3. The number of sulfonamides is 1. The molecule has 36 heavy (non-hydrogen) atoms. The lowest BCUT2D eigenvalue weighted by Crippen LogP contribution is -2.34. The van der Waals surface area contributed by atoms with Gasteiger partial charge in [-0.05, 0) is 43.2 Å². The van der Waals surface area contributed by atoms with Crippen molar-refractivity contribution in [2.75, 3.05) is 10.0 Å². The van der Waals surface area contributed by atoms with Crippen LogP contribution in [0.25, 0.3) is 11.3 Å². The summed E-state index contributed by atoms with van der Waals surface area (Å²) in [5.74, 6) is -0.222. The van der Waals surface area contributed by atoms with E-state index in [1.165, 1.54) is 24.3 Å². The van der Waals surface area contributed by atoms with Crippen LogP contribution in [-0.4, -0.2) is 41.9 Å². The van der Waals surface area contributed by atoms with Crippen LogP contribution in [0, 0.1) is 6.92 Å². The Bertz CT molecular complexity index is 1330. The van der Waals surface area contributed by atoms with Crippen molar-refractivity contribution in [3.05, 3.63) is 65.7 Å². The van der Waals surface area contributed by atoms with E-state index in [1.807, 2.05) is 0 Å². The third kappa shape index (κ3) is 6.38. The first-order valence-electron chi connectivity index (χ1n) is 11.0. The fourth-order valence-electron chi connectivity index (χ4n) is 3.51. The van der Waals surface area contributed by atoms with Crippen molar-refractivity contribution in [2.24, 2.45) is 0 Å². The lowest BCUT2D eigenvalue weighted by molar-refractivity contribution is -0.137. The van der Waals surface area contributed by atoms with Gasteiger partial charge >= 0.3 is 6.18 Å². The Hall–Kier alpha value is -3.51. The van der Waals surface area contributed by atoms with E-state index in [9.17, 15) is 31.5 Å². The molecule has 3 rings (SSSR count). The summed E-state index contributed by atoms with van der Waals surface area (Å²) in [6, 6.07) is 11.4. The zero-order chi connectivity index (χ0) is 26.5. The molecule has 0 aliphatic rings. The fraction of sp³-hybridized carbons (Fsp3) is 0.292. The molecule has 1 aromatic carbocycles. The molecule has 3 N–H and O–H groups in total. The Morgan fingerprint density at radius 2 is 1.75 bits per heavy atom. The van der Waals surface area contributed by atoms with Crippen LogP contribution in [0.4, 0.5) is 24.8 Å². The van der Waals surface area contributed by atoms with Crippen molar-refractivity contribution in [2.45, 2.75) is 50.0 Å². The summed E-state index contributed by atoms with van der Waals surface area (Å²) < 4.78 is 69.1. The number of aliphatic hydroxyl groups is 1. The Kier molecular flexibility index (Phi) is 8.31. The summed E-state index contributed by atoms with van der Waals surface area (Å²) in [7, 11) is -4.34. The van der Waals surface area contributed by atoms with Crippen molar-refractivity contribution in [1.82, 2.24) is 9.97 Å². The molecule has 0 spiro atoms. The molecule has 8 nitrogen and oxygen atoms in total. The van der Waals surface area contributed by atoms with Crippen molar-refractivity contribution < 1.29 is 31.5 Å². The highest BCUT2D eigenvalue weighted by molar-refractivity contribution is 7.92. The van der Waals surface area contributed by atoms with Gasteiger partial charge in [0.15, 0.2) is 5.03 Å². The molecule has 2 atom stereocenters. The molecular weight excluding hydrogens is 497 g/mol. The number of hydrogen-bond donors (Lipinski definition) is 3. The number of carbonyl (C=O) groups excluding carboxylic acids is 1. The monoisotopic (exact) mass is 522 g/mol. The molecule has 2 aromatic heterocycles. The number of carbonyl (C=O) groups is 1. The molecule has 2 heterocycles. The van der Waals surface area contributed by atoms with Crippen LogP contribution in [0.1, 0.15) is 30.9 Å². The third-order valence-electron chi connectivity index (χ3n) is 5.40. The number of nitrogens with one attached hydrogen (secondary N) is 2. The number of aldehydes is 1. The number of rotatable bonds is 10. The highest BCUT2D eigenvalue weighted by Gasteiger charge is 2.35. The molecule has 0 radical (unpaired) electrons. The number of alkyl halides is 3. The average Bonchev–Trinajstić information content (AvgIpc) is 2.83. The Balaban J connectivity index is 1.95. The standard InChI is InChI=1S/C24H25F3N4O4S/c1-3-19(33)18(13-14-32)28-20-9-6-10-22(29-20)36(34,35)31-21-12-11-17(24(25,26)27)23(30-21)16-8-5-4-7-15(16)2/h4-12,14,18-19,33H,3,13H2,1-2H3,(H,28,29)(H,30,31)/t18-,19+/m1/s1. The van der Waals surface area contributed by atoms with Crippen molar-refractivity contribution in [3.8, 4) is 11.3 Å². The second kappa shape index (κ2) is 11.0. The van der Waals surface area contributed by atoms with Crippen LogP contribution < -0.4 is 10.0 Å². The SMILES string of the molecule is CC[C@H](O)[C@@H](CC=O)Nc1cccc(S(=O)(=O)Nc2ccc(C(F)(F)F)c(-c3ccccc3C)n2)n1. The number of nitrogens with zero attached hydrogens (tertiary/aromatic N) is 2. The zero-order valence-electron chi connectivity index (χ0n) is 19.5. The number of hydrogen-bond acceptors (Lipinski definition) is 7. The van der Waals surface area contributed by atoms with Gasteiger partial charge in [-0.3, -0.25) is 4.72 Å². The first kappa shape index (κ1) is 27.1. The topological polar surface area (TPSA) is 121 Å². The molecule has 0 amide bonds. The molecule has 192 valence electrons. The maximum absolute atomic E-state index is 13.7. The Morgan fingerprint density at radius 1 is 1.03 bits per heavy atom.